The minimum Gasteiger partial charge on any atom is -0.199 e. The van der Waals surface area contributed by atoms with Gasteiger partial charge < -0.3 is 0 Å². The van der Waals surface area contributed by atoms with Crippen LogP contribution in [0.25, 0.3) is 0 Å². The average Bonchev–Trinajstić information content (AvgIpc) is 2.10. The van der Waals surface area contributed by atoms with Crippen LogP contribution in [0, 0.1) is 5.92 Å². The number of hydrogen-bond donors (Lipinski definition) is 0. The van der Waals surface area contributed by atoms with E-state index in [0.29, 0.717) is 0 Å². The van der Waals surface area contributed by atoms with Crippen LogP contribution in [0.2, 0.25) is 0 Å². The summed E-state index contributed by atoms with van der Waals surface area (Å²) in [4.78, 5) is 0. The van der Waals surface area contributed by atoms with E-state index in [0.717, 1.165) is 0 Å². The Kier molecular flexibility index (Phi) is 2.77. The summed E-state index contributed by atoms with van der Waals surface area (Å²) in [6.07, 6.45) is -8.49. The molecule has 0 heterocycles. The topological polar surface area (TPSA) is 0 Å². The van der Waals surface area contributed by atoms with Crippen LogP contribution >= 0.6 is 0 Å². The molecule has 1 aliphatic carbocycles. The molecule has 0 aliphatic heterocycles. The van der Waals surface area contributed by atoms with Crippen LogP contribution in [0.1, 0.15) is 6.42 Å². The molecule has 0 radical (unpaired) electrons. The van der Waals surface area contributed by atoms with Gasteiger partial charge in [0.05, 0.1) is 5.92 Å². The summed E-state index contributed by atoms with van der Waals surface area (Å²) in [5.74, 6) is -18.0. The molecule has 1 rings (SSSR count). The number of halogens is 9. The average molecular weight is 272 g/mol. The molecule has 1 atom stereocenters. The third-order valence-electron chi connectivity index (χ3n) is 2.56. The third-order valence-corrected chi connectivity index (χ3v) is 2.56. The van der Waals surface area contributed by atoms with Crippen molar-refractivity contribution < 1.29 is 39.5 Å². The van der Waals surface area contributed by atoms with Crippen molar-refractivity contribution in [1.29, 1.82) is 0 Å². The van der Waals surface area contributed by atoms with Gasteiger partial charge >= 0.3 is 23.9 Å². The summed E-state index contributed by atoms with van der Waals surface area (Å²) in [6.45, 7) is 2.43. The van der Waals surface area contributed by atoms with Crippen LogP contribution < -0.4 is 0 Å². The molecule has 0 spiro atoms. The van der Waals surface area contributed by atoms with Crippen molar-refractivity contribution in [3.63, 3.8) is 0 Å². The maximum Gasteiger partial charge on any atom is 0.453 e. The minimum atomic E-state index is -6.06. The van der Waals surface area contributed by atoms with E-state index in [9.17, 15) is 39.5 Å². The van der Waals surface area contributed by atoms with E-state index in [-0.39, 0.29) is 0 Å². The highest BCUT2D eigenvalue weighted by Gasteiger charge is 2.77. The highest BCUT2D eigenvalue weighted by atomic mass is 19.4. The lowest BCUT2D eigenvalue weighted by atomic mass is 9.69. The van der Waals surface area contributed by atoms with Crippen molar-refractivity contribution >= 4 is 0 Å². The maximum atomic E-state index is 12.6. The molecule has 9 heteroatoms. The molecule has 0 aromatic heterocycles. The molecular formula is C8H5F9. The highest BCUT2D eigenvalue weighted by molar-refractivity contribution is 5.32. The zero-order valence-corrected chi connectivity index (χ0v) is 7.89. The van der Waals surface area contributed by atoms with Gasteiger partial charge in [-0.25, -0.2) is 0 Å². The molecule has 1 fully saturated rings. The fourth-order valence-corrected chi connectivity index (χ4v) is 1.42. The Morgan fingerprint density at radius 1 is 1.00 bits per heavy atom. The van der Waals surface area contributed by atoms with Crippen LogP contribution in [-0.2, 0) is 0 Å². The summed E-state index contributed by atoms with van der Waals surface area (Å²) >= 11 is 0. The van der Waals surface area contributed by atoms with E-state index in [4.69, 9.17) is 0 Å². The Hall–Kier alpha value is -0.890. The van der Waals surface area contributed by atoms with Gasteiger partial charge in [0, 0.05) is 12.0 Å². The van der Waals surface area contributed by atoms with Crippen molar-refractivity contribution in [2.24, 2.45) is 5.92 Å². The molecule has 1 unspecified atom stereocenters. The first-order chi connectivity index (χ1) is 7.25. The van der Waals surface area contributed by atoms with Gasteiger partial charge in [0.1, 0.15) is 0 Å². The second kappa shape index (κ2) is 3.32. The molecule has 1 saturated carbocycles. The van der Waals surface area contributed by atoms with E-state index < -0.39 is 41.9 Å². The standard InChI is InChI=1S/C8H5F9/c1-3-4(7(13,14)6(3,11)12)2-5(9,10)8(15,16)17/h4H,1-2H2. The lowest BCUT2D eigenvalue weighted by Crippen LogP contribution is -2.62. The Balaban J connectivity index is 2.90. The summed E-state index contributed by atoms with van der Waals surface area (Å²) < 4.78 is 110. The Bertz CT molecular complexity index is 337. The third kappa shape index (κ3) is 1.79. The molecule has 1 aliphatic rings. The van der Waals surface area contributed by atoms with Crippen LogP contribution in [0.5, 0.6) is 0 Å². The van der Waals surface area contributed by atoms with Gasteiger partial charge in [0.2, 0.25) is 0 Å². The number of allylic oxidation sites excluding steroid dienone is 1. The second-order valence-electron chi connectivity index (χ2n) is 3.68. The fraction of sp³-hybridized carbons (Fsp3) is 0.750. The van der Waals surface area contributed by atoms with E-state index in [1.165, 1.54) is 0 Å². The van der Waals surface area contributed by atoms with Gasteiger partial charge in [-0.1, -0.05) is 6.58 Å². The number of rotatable bonds is 2. The van der Waals surface area contributed by atoms with Crippen molar-refractivity contribution in [2.45, 2.75) is 30.4 Å². The predicted molar refractivity (Wildman–Crippen MR) is 38.1 cm³/mol. The number of alkyl halides is 9. The molecule has 100 valence electrons. The quantitative estimate of drug-likeness (QED) is 0.526. The van der Waals surface area contributed by atoms with E-state index in [1.54, 1.807) is 0 Å². The smallest absolute Gasteiger partial charge is 0.199 e. The van der Waals surface area contributed by atoms with Gasteiger partial charge in [0.15, 0.2) is 0 Å². The van der Waals surface area contributed by atoms with Crippen molar-refractivity contribution in [3.8, 4) is 0 Å². The van der Waals surface area contributed by atoms with Gasteiger partial charge in [0.25, 0.3) is 0 Å². The lowest BCUT2D eigenvalue weighted by molar-refractivity contribution is -0.318. The molecule has 0 amide bonds. The van der Waals surface area contributed by atoms with Crippen molar-refractivity contribution in [2.75, 3.05) is 0 Å². The van der Waals surface area contributed by atoms with E-state index >= 15 is 0 Å². The summed E-state index contributed by atoms with van der Waals surface area (Å²) in [5, 5.41) is 0. The summed E-state index contributed by atoms with van der Waals surface area (Å²) in [7, 11) is 0. The van der Waals surface area contributed by atoms with E-state index in [1.807, 2.05) is 0 Å². The first kappa shape index (κ1) is 14.2. The Labute approximate surface area is 89.1 Å². The van der Waals surface area contributed by atoms with Crippen molar-refractivity contribution in [3.05, 3.63) is 12.2 Å². The minimum absolute atomic E-state index is 1.61. The summed E-state index contributed by atoms with van der Waals surface area (Å²) in [5.41, 5.74) is -1.61. The number of hydrogen-bond acceptors (Lipinski definition) is 0. The van der Waals surface area contributed by atoms with Crippen LogP contribution in [0.15, 0.2) is 12.2 Å². The van der Waals surface area contributed by atoms with Crippen LogP contribution in [0.4, 0.5) is 39.5 Å². The normalized spacial score (nSPS) is 27.8. The van der Waals surface area contributed by atoms with Crippen LogP contribution in [-0.4, -0.2) is 23.9 Å². The van der Waals surface area contributed by atoms with Gasteiger partial charge in [-0.3, -0.25) is 0 Å². The maximum absolute atomic E-state index is 12.6. The molecule has 0 aromatic carbocycles. The highest BCUT2D eigenvalue weighted by Crippen LogP contribution is 2.62. The predicted octanol–water partition coefficient (Wildman–Crippen LogP) is 4.03. The summed E-state index contributed by atoms with van der Waals surface area (Å²) in [6, 6.07) is 0. The lowest BCUT2D eigenvalue weighted by Gasteiger charge is -2.46. The molecule has 0 nitrogen and oxygen atoms in total. The first-order valence-electron chi connectivity index (χ1n) is 4.14. The van der Waals surface area contributed by atoms with Gasteiger partial charge in [-0.2, -0.15) is 39.5 Å². The zero-order chi connectivity index (χ0) is 13.9. The molecule has 0 saturated heterocycles. The fourth-order valence-electron chi connectivity index (χ4n) is 1.42. The van der Waals surface area contributed by atoms with Gasteiger partial charge in [-0.15, -0.1) is 0 Å². The molecule has 17 heavy (non-hydrogen) atoms. The molecule has 0 N–H and O–H groups in total. The zero-order valence-electron chi connectivity index (χ0n) is 7.89. The monoisotopic (exact) mass is 272 g/mol. The first-order valence-corrected chi connectivity index (χ1v) is 4.14. The van der Waals surface area contributed by atoms with Crippen LogP contribution in [0.3, 0.4) is 0 Å². The van der Waals surface area contributed by atoms with Gasteiger partial charge in [-0.05, 0) is 0 Å². The van der Waals surface area contributed by atoms with Crippen molar-refractivity contribution in [1.82, 2.24) is 0 Å². The second-order valence-corrected chi connectivity index (χ2v) is 3.68. The largest absolute Gasteiger partial charge is 0.453 e. The molecular weight excluding hydrogens is 267 g/mol. The molecule has 0 bridgehead atoms. The molecule has 0 aromatic rings. The Morgan fingerprint density at radius 3 is 1.71 bits per heavy atom. The van der Waals surface area contributed by atoms with E-state index in [2.05, 4.69) is 6.58 Å². The SMILES string of the molecule is C=C1C(CC(F)(F)C(F)(F)F)C(F)(F)C1(F)F. The Morgan fingerprint density at radius 2 is 1.41 bits per heavy atom.